The number of nitrogens with one attached hydrogen (secondary N) is 1. The molecule has 0 radical (unpaired) electrons. The van der Waals surface area contributed by atoms with Crippen molar-refractivity contribution in [3.8, 4) is 5.75 Å². The second kappa shape index (κ2) is 5.95. The summed E-state index contributed by atoms with van der Waals surface area (Å²) in [5, 5.41) is 17.7. The van der Waals surface area contributed by atoms with E-state index in [9.17, 15) is 8.42 Å². The molecule has 1 aromatic carbocycles. The van der Waals surface area contributed by atoms with Gasteiger partial charge in [0, 0.05) is 12.3 Å². The summed E-state index contributed by atoms with van der Waals surface area (Å²) in [5.41, 5.74) is 0.266. The molecule has 0 spiro atoms. The van der Waals surface area contributed by atoms with E-state index in [-0.39, 0.29) is 21.6 Å². The zero-order valence-electron chi connectivity index (χ0n) is 11.0. The van der Waals surface area contributed by atoms with Crippen LogP contribution in [0.15, 0.2) is 47.6 Å². The third kappa shape index (κ3) is 3.40. The van der Waals surface area contributed by atoms with E-state index < -0.39 is 10.0 Å². The van der Waals surface area contributed by atoms with E-state index in [1.807, 2.05) is 0 Å². The Morgan fingerprint density at radius 2 is 2.05 bits per heavy atom. The van der Waals surface area contributed by atoms with Gasteiger partial charge in [-0.1, -0.05) is 0 Å². The highest BCUT2D eigenvalue weighted by Crippen LogP contribution is 2.29. The summed E-state index contributed by atoms with van der Waals surface area (Å²) in [5.74, 6) is -0.0306. The maximum atomic E-state index is 12.3. The highest BCUT2D eigenvalue weighted by atomic mass is 32.2. The summed E-state index contributed by atoms with van der Waals surface area (Å²) in [4.78, 5) is 3.67. The fraction of sp³-hybridized carbons (Fsp3) is 0.0833. The molecule has 2 rings (SSSR count). The molecule has 8 nitrogen and oxygen atoms in total. The van der Waals surface area contributed by atoms with Gasteiger partial charge in [0.2, 0.25) is 0 Å². The quantitative estimate of drug-likeness (QED) is 0.717. The molecule has 21 heavy (non-hydrogen) atoms. The van der Waals surface area contributed by atoms with E-state index in [0.29, 0.717) is 5.69 Å². The fourth-order valence-electron chi connectivity index (χ4n) is 1.64. The number of hydrogen-bond acceptors (Lipinski definition) is 7. The number of hydrogen-bond donors (Lipinski definition) is 3. The molecule has 0 saturated heterocycles. The summed E-state index contributed by atoms with van der Waals surface area (Å²) >= 11 is 0. The van der Waals surface area contributed by atoms with Crippen molar-refractivity contribution in [2.24, 2.45) is 0 Å². The number of methoxy groups -OCH3 is 1. The van der Waals surface area contributed by atoms with Crippen molar-refractivity contribution in [1.29, 1.82) is 0 Å². The van der Waals surface area contributed by atoms with E-state index in [2.05, 4.69) is 9.71 Å². The number of sulfonamides is 1. The Hall–Kier alpha value is -2.36. The van der Waals surface area contributed by atoms with Gasteiger partial charge in [-0.15, -0.1) is 5.23 Å². The molecule has 0 aliphatic heterocycles. The van der Waals surface area contributed by atoms with Crippen LogP contribution in [0.4, 0.5) is 11.4 Å². The van der Waals surface area contributed by atoms with Gasteiger partial charge in [-0.3, -0.25) is 20.1 Å². The van der Waals surface area contributed by atoms with E-state index in [4.69, 9.17) is 15.2 Å². The Labute approximate surface area is 121 Å². The Kier molecular flexibility index (Phi) is 4.26. The number of nitrogens with zero attached hydrogens (tertiary/aromatic N) is 2. The molecule has 9 heteroatoms. The molecule has 3 N–H and O–H groups in total. The van der Waals surface area contributed by atoms with Crippen LogP contribution in [-0.2, 0) is 10.0 Å². The van der Waals surface area contributed by atoms with Crippen LogP contribution in [0.25, 0.3) is 0 Å². The van der Waals surface area contributed by atoms with Crippen molar-refractivity contribution in [2.45, 2.75) is 4.90 Å². The first-order chi connectivity index (χ1) is 9.94. The van der Waals surface area contributed by atoms with Gasteiger partial charge in [-0.25, -0.2) is 8.42 Å². The minimum atomic E-state index is -3.90. The van der Waals surface area contributed by atoms with Crippen molar-refractivity contribution in [2.75, 3.05) is 17.1 Å². The lowest BCUT2D eigenvalue weighted by atomic mass is 10.3. The molecular formula is C12H13N3O5S. The highest BCUT2D eigenvalue weighted by molar-refractivity contribution is 7.92. The zero-order chi connectivity index (χ0) is 15.5. The maximum Gasteiger partial charge on any atom is 0.265 e. The molecule has 0 fully saturated rings. The van der Waals surface area contributed by atoms with Crippen molar-refractivity contribution in [1.82, 2.24) is 4.98 Å². The lowest BCUT2D eigenvalue weighted by Gasteiger charge is -2.14. The minimum Gasteiger partial charge on any atom is -0.495 e. The highest BCUT2D eigenvalue weighted by Gasteiger charge is 2.20. The van der Waals surface area contributed by atoms with E-state index in [1.165, 1.54) is 37.7 Å². The molecule has 0 atom stereocenters. The lowest BCUT2D eigenvalue weighted by molar-refractivity contribution is 0.0290. The second-order valence-corrected chi connectivity index (χ2v) is 5.62. The predicted molar refractivity (Wildman–Crippen MR) is 74.1 cm³/mol. The van der Waals surface area contributed by atoms with Crippen molar-refractivity contribution < 1.29 is 23.6 Å². The smallest absolute Gasteiger partial charge is 0.265 e. The predicted octanol–water partition coefficient (Wildman–Crippen LogP) is 1.48. The number of rotatable bonds is 5. The van der Waals surface area contributed by atoms with Crippen molar-refractivity contribution in [3.63, 3.8) is 0 Å². The van der Waals surface area contributed by atoms with Crippen LogP contribution in [0.5, 0.6) is 5.75 Å². The minimum absolute atomic E-state index is 0.0306. The largest absolute Gasteiger partial charge is 0.495 e. The summed E-state index contributed by atoms with van der Waals surface area (Å²) in [6.07, 6.45) is 2.88. The average Bonchev–Trinajstić information content (AvgIpc) is 2.47. The summed E-state index contributed by atoms with van der Waals surface area (Å²) in [7, 11) is -2.62. The first kappa shape index (κ1) is 15.0. The number of anilines is 2. The first-order valence-corrected chi connectivity index (χ1v) is 7.21. The summed E-state index contributed by atoms with van der Waals surface area (Å²) in [6.45, 7) is 0. The van der Waals surface area contributed by atoms with Crippen molar-refractivity contribution >= 4 is 21.4 Å². The Balaban J connectivity index is 2.40. The van der Waals surface area contributed by atoms with Gasteiger partial charge < -0.3 is 4.74 Å². The number of ether oxygens (including phenoxy) is 1. The van der Waals surface area contributed by atoms with Crippen LogP contribution in [0.3, 0.4) is 0 Å². The molecule has 2 aromatic rings. The fourth-order valence-corrected chi connectivity index (χ4v) is 2.83. The molecule has 0 aliphatic rings. The third-order valence-electron chi connectivity index (χ3n) is 2.58. The zero-order valence-corrected chi connectivity index (χ0v) is 11.8. The van der Waals surface area contributed by atoms with Gasteiger partial charge in [-0.05, 0) is 24.3 Å². The van der Waals surface area contributed by atoms with Gasteiger partial charge >= 0.3 is 0 Å². The maximum absolute atomic E-state index is 12.3. The number of pyridine rings is 1. The topological polar surface area (TPSA) is 112 Å². The third-order valence-corrected chi connectivity index (χ3v) is 4.00. The van der Waals surface area contributed by atoms with E-state index in [1.54, 1.807) is 12.1 Å². The lowest BCUT2D eigenvalue weighted by Crippen LogP contribution is -2.15. The van der Waals surface area contributed by atoms with Crippen LogP contribution in [-0.4, -0.2) is 30.9 Å². The molecule has 0 bridgehead atoms. The van der Waals surface area contributed by atoms with Gasteiger partial charge in [0.15, 0.2) is 0 Å². The van der Waals surface area contributed by atoms with Crippen LogP contribution < -0.4 is 14.7 Å². The van der Waals surface area contributed by atoms with Gasteiger partial charge in [-0.2, -0.15) is 0 Å². The molecule has 0 amide bonds. The molecule has 0 saturated carbocycles. The summed E-state index contributed by atoms with van der Waals surface area (Å²) < 4.78 is 31.9. The normalized spacial score (nSPS) is 11.0. The van der Waals surface area contributed by atoms with Gasteiger partial charge in [0.05, 0.1) is 24.7 Å². The first-order valence-electron chi connectivity index (χ1n) is 5.73. The van der Waals surface area contributed by atoms with Crippen LogP contribution in [0.2, 0.25) is 0 Å². The van der Waals surface area contributed by atoms with Gasteiger partial charge in [0.25, 0.3) is 10.0 Å². The Bertz CT molecular complexity index is 719. The van der Waals surface area contributed by atoms with Crippen molar-refractivity contribution in [3.05, 3.63) is 42.7 Å². The Morgan fingerprint density at radius 3 is 2.62 bits per heavy atom. The number of benzene rings is 1. The van der Waals surface area contributed by atoms with E-state index >= 15 is 0 Å². The molecular weight excluding hydrogens is 298 g/mol. The molecule has 0 aliphatic carbocycles. The van der Waals surface area contributed by atoms with Crippen LogP contribution >= 0.6 is 0 Å². The molecule has 1 heterocycles. The SMILES string of the molecule is COc1cc(N(O)O)ccc1S(=O)(=O)Nc1cccnc1. The van der Waals surface area contributed by atoms with Crippen LogP contribution in [0, 0.1) is 0 Å². The summed E-state index contributed by atoms with van der Waals surface area (Å²) in [6, 6.07) is 6.74. The van der Waals surface area contributed by atoms with E-state index in [0.717, 1.165) is 0 Å². The monoisotopic (exact) mass is 311 g/mol. The molecule has 1 aromatic heterocycles. The standard InChI is InChI=1S/C12H13N3O5S/c1-20-11-7-10(15(16)17)4-5-12(11)21(18,19)14-9-3-2-6-13-8-9/h2-8,14,16-17H,1H3. The average molecular weight is 311 g/mol. The van der Waals surface area contributed by atoms with Gasteiger partial charge in [0.1, 0.15) is 10.6 Å². The molecule has 112 valence electrons. The number of aromatic nitrogens is 1. The van der Waals surface area contributed by atoms with Crippen LogP contribution in [0.1, 0.15) is 0 Å². The second-order valence-electron chi connectivity index (χ2n) is 3.97. The molecule has 0 unspecified atom stereocenters. The Morgan fingerprint density at radius 1 is 1.29 bits per heavy atom.